The van der Waals surface area contributed by atoms with E-state index >= 15 is 0 Å². The van der Waals surface area contributed by atoms with Crippen molar-refractivity contribution in [3.05, 3.63) is 35.9 Å². The van der Waals surface area contributed by atoms with Gasteiger partial charge in [0, 0.05) is 0 Å². The zero-order chi connectivity index (χ0) is 15.0. The molecule has 0 aromatic heterocycles. The Balaban J connectivity index is 1.97. The van der Waals surface area contributed by atoms with E-state index in [1.54, 1.807) is 6.21 Å². The first-order chi connectivity index (χ1) is 10.3. The predicted octanol–water partition coefficient (Wildman–Crippen LogP) is 3.70. The Hall–Kier alpha value is -1.84. The molecular weight excluding hydrogens is 266 g/mol. The van der Waals surface area contributed by atoms with Gasteiger partial charge in [-0.05, 0) is 18.4 Å². The van der Waals surface area contributed by atoms with Crippen LogP contribution in [0.25, 0.3) is 0 Å². The molecule has 4 nitrogen and oxygen atoms in total. The van der Waals surface area contributed by atoms with Crippen molar-refractivity contribution in [3.8, 4) is 0 Å². The monoisotopic (exact) mass is 289 g/mol. The predicted molar refractivity (Wildman–Crippen MR) is 81.9 cm³/mol. The van der Waals surface area contributed by atoms with Crippen molar-refractivity contribution in [2.75, 3.05) is 7.11 Å². The van der Waals surface area contributed by atoms with Crippen molar-refractivity contribution >= 4 is 12.2 Å². The fourth-order valence-corrected chi connectivity index (χ4v) is 2.77. The van der Waals surface area contributed by atoms with E-state index in [2.05, 4.69) is 5.16 Å². The summed E-state index contributed by atoms with van der Waals surface area (Å²) in [6.45, 7) is 0.411. The second kappa shape index (κ2) is 7.81. The van der Waals surface area contributed by atoms with Gasteiger partial charge in [-0.2, -0.15) is 0 Å². The molecule has 1 aromatic carbocycles. The van der Waals surface area contributed by atoms with Gasteiger partial charge in [-0.25, -0.2) is 0 Å². The van der Waals surface area contributed by atoms with Crippen molar-refractivity contribution in [1.82, 2.24) is 0 Å². The molecule has 1 aliphatic rings. The summed E-state index contributed by atoms with van der Waals surface area (Å²) in [5, 5.41) is 4.05. The summed E-state index contributed by atoms with van der Waals surface area (Å²) in [4.78, 5) is 17.5. The number of hydrogen-bond donors (Lipinski definition) is 0. The summed E-state index contributed by atoms with van der Waals surface area (Å²) in [7, 11) is 1.44. The molecule has 114 valence electrons. The molecular formula is C17H23NO3. The lowest BCUT2D eigenvalue weighted by atomic mass is 9.82. The molecule has 1 aliphatic carbocycles. The number of rotatable bonds is 5. The SMILES string of the molecule is COC(=O)C1(C=NOCc2ccccc2)CCCCCC1. The van der Waals surface area contributed by atoms with Crippen LogP contribution in [0, 0.1) is 5.41 Å². The van der Waals surface area contributed by atoms with Crippen LogP contribution < -0.4 is 0 Å². The molecule has 21 heavy (non-hydrogen) atoms. The Morgan fingerprint density at radius 1 is 1.19 bits per heavy atom. The molecule has 0 atom stereocenters. The maximum Gasteiger partial charge on any atom is 0.317 e. The van der Waals surface area contributed by atoms with Crippen molar-refractivity contribution < 1.29 is 14.4 Å². The number of carbonyl (C=O) groups excluding carboxylic acids is 1. The number of benzene rings is 1. The van der Waals surface area contributed by atoms with Gasteiger partial charge < -0.3 is 9.57 Å². The van der Waals surface area contributed by atoms with Gasteiger partial charge in [0.15, 0.2) is 0 Å². The van der Waals surface area contributed by atoms with Gasteiger partial charge in [0.05, 0.1) is 13.3 Å². The number of esters is 1. The summed E-state index contributed by atoms with van der Waals surface area (Å²) in [5.74, 6) is -0.198. The van der Waals surface area contributed by atoms with E-state index in [1.165, 1.54) is 7.11 Å². The Kier molecular flexibility index (Phi) is 5.78. The van der Waals surface area contributed by atoms with E-state index in [9.17, 15) is 4.79 Å². The highest BCUT2D eigenvalue weighted by molar-refractivity contribution is 5.94. The fourth-order valence-electron chi connectivity index (χ4n) is 2.77. The molecule has 1 aromatic rings. The van der Waals surface area contributed by atoms with Crippen LogP contribution in [-0.4, -0.2) is 19.3 Å². The van der Waals surface area contributed by atoms with Crippen molar-refractivity contribution in [2.24, 2.45) is 10.6 Å². The minimum atomic E-state index is -0.609. The second-order valence-electron chi connectivity index (χ2n) is 5.56. The van der Waals surface area contributed by atoms with Crippen molar-refractivity contribution in [3.63, 3.8) is 0 Å². The smallest absolute Gasteiger partial charge is 0.317 e. The first-order valence-electron chi connectivity index (χ1n) is 7.56. The highest BCUT2D eigenvalue weighted by atomic mass is 16.6. The van der Waals surface area contributed by atoms with E-state index in [0.717, 1.165) is 44.1 Å². The van der Waals surface area contributed by atoms with E-state index < -0.39 is 5.41 Å². The molecule has 0 N–H and O–H groups in total. The van der Waals surface area contributed by atoms with Gasteiger partial charge >= 0.3 is 5.97 Å². The third kappa shape index (κ3) is 4.31. The minimum absolute atomic E-state index is 0.198. The van der Waals surface area contributed by atoms with Crippen LogP contribution in [0.15, 0.2) is 35.5 Å². The van der Waals surface area contributed by atoms with E-state index in [4.69, 9.17) is 9.57 Å². The molecule has 0 heterocycles. The minimum Gasteiger partial charge on any atom is -0.468 e. The Labute approximate surface area is 126 Å². The lowest BCUT2D eigenvalue weighted by molar-refractivity contribution is -0.149. The normalized spacial score (nSPS) is 18.1. The van der Waals surface area contributed by atoms with Gasteiger partial charge in [0.25, 0.3) is 0 Å². The largest absolute Gasteiger partial charge is 0.468 e. The lowest BCUT2D eigenvalue weighted by Gasteiger charge is -2.24. The summed E-state index contributed by atoms with van der Waals surface area (Å²) < 4.78 is 4.98. The summed E-state index contributed by atoms with van der Waals surface area (Å²) in [6, 6.07) is 9.85. The highest BCUT2D eigenvalue weighted by Crippen LogP contribution is 2.34. The molecule has 2 rings (SSSR count). The number of nitrogens with zero attached hydrogens (tertiary/aromatic N) is 1. The van der Waals surface area contributed by atoms with Gasteiger partial charge in [-0.3, -0.25) is 4.79 Å². The molecule has 1 saturated carbocycles. The highest BCUT2D eigenvalue weighted by Gasteiger charge is 2.38. The molecule has 0 aliphatic heterocycles. The maximum atomic E-state index is 12.1. The standard InChI is InChI=1S/C17H23NO3/c1-20-16(19)17(11-7-2-3-8-12-17)14-18-21-13-15-9-5-4-6-10-15/h4-6,9-10,14H,2-3,7-8,11-13H2,1H3. The number of carbonyl (C=O) groups is 1. The third-order valence-electron chi connectivity index (χ3n) is 4.04. The van der Waals surface area contributed by atoms with Crippen molar-refractivity contribution in [1.29, 1.82) is 0 Å². The first-order valence-corrected chi connectivity index (χ1v) is 7.56. The molecule has 1 fully saturated rings. The van der Waals surface area contributed by atoms with Gasteiger partial charge in [-0.1, -0.05) is 61.2 Å². The van der Waals surface area contributed by atoms with E-state index in [-0.39, 0.29) is 5.97 Å². The van der Waals surface area contributed by atoms with Crippen LogP contribution in [0.1, 0.15) is 44.1 Å². The first kappa shape index (κ1) is 15.5. The zero-order valence-electron chi connectivity index (χ0n) is 12.6. The van der Waals surface area contributed by atoms with Gasteiger partial charge in [0.1, 0.15) is 12.0 Å². The average molecular weight is 289 g/mol. The van der Waals surface area contributed by atoms with Crippen LogP contribution in [0.3, 0.4) is 0 Å². The Morgan fingerprint density at radius 3 is 2.48 bits per heavy atom. The number of ether oxygens (including phenoxy) is 1. The van der Waals surface area contributed by atoms with E-state index in [0.29, 0.717) is 6.61 Å². The fraction of sp³-hybridized carbons (Fsp3) is 0.529. The van der Waals surface area contributed by atoms with Crippen LogP contribution >= 0.6 is 0 Å². The molecule has 0 bridgehead atoms. The molecule has 4 heteroatoms. The van der Waals surface area contributed by atoms with Crippen LogP contribution in [0.5, 0.6) is 0 Å². The summed E-state index contributed by atoms with van der Waals surface area (Å²) >= 11 is 0. The zero-order valence-corrected chi connectivity index (χ0v) is 12.6. The summed E-state index contributed by atoms with van der Waals surface area (Å²) in [5.41, 5.74) is 0.449. The molecule has 0 spiro atoms. The number of oxime groups is 1. The van der Waals surface area contributed by atoms with Crippen molar-refractivity contribution in [2.45, 2.75) is 45.1 Å². The third-order valence-corrected chi connectivity index (χ3v) is 4.04. The van der Waals surface area contributed by atoms with Gasteiger partial charge in [0.2, 0.25) is 0 Å². The molecule has 0 amide bonds. The summed E-state index contributed by atoms with van der Waals surface area (Å²) in [6.07, 6.45) is 7.62. The Morgan fingerprint density at radius 2 is 1.86 bits per heavy atom. The van der Waals surface area contributed by atoms with Crippen LogP contribution in [-0.2, 0) is 21.0 Å². The maximum absolute atomic E-state index is 12.1. The quantitative estimate of drug-likeness (QED) is 0.359. The van der Waals surface area contributed by atoms with Gasteiger partial charge in [-0.15, -0.1) is 0 Å². The van der Waals surface area contributed by atoms with Crippen LogP contribution in [0.4, 0.5) is 0 Å². The topological polar surface area (TPSA) is 47.9 Å². The Bertz CT molecular complexity index is 462. The second-order valence-corrected chi connectivity index (χ2v) is 5.56. The van der Waals surface area contributed by atoms with Crippen LogP contribution in [0.2, 0.25) is 0 Å². The molecule has 0 saturated heterocycles. The van der Waals surface area contributed by atoms with E-state index in [1.807, 2.05) is 30.3 Å². The average Bonchev–Trinajstić information content (AvgIpc) is 2.78. The number of hydrogen-bond acceptors (Lipinski definition) is 4. The molecule has 0 radical (unpaired) electrons. The lowest BCUT2D eigenvalue weighted by Crippen LogP contribution is -2.33. The number of methoxy groups -OCH3 is 1. The molecule has 0 unspecified atom stereocenters.